The molecule has 0 radical (unpaired) electrons. The van der Waals surface area contributed by atoms with Crippen molar-refractivity contribution < 1.29 is 14.7 Å². The van der Waals surface area contributed by atoms with Crippen molar-refractivity contribution in [3.63, 3.8) is 0 Å². The first kappa shape index (κ1) is 16.9. The number of nitrogens with zero attached hydrogens (tertiary/aromatic N) is 1. The minimum Gasteiger partial charge on any atom is -0.481 e. The van der Waals surface area contributed by atoms with E-state index in [-0.39, 0.29) is 12.5 Å². The Morgan fingerprint density at radius 3 is 2.00 bits per heavy atom. The molecule has 1 N–H and O–H groups in total. The number of amides is 1. The summed E-state index contributed by atoms with van der Waals surface area (Å²) in [4.78, 5) is 24.9. The van der Waals surface area contributed by atoms with Gasteiger partial charge in [-0.3, -0.25) is 9.59 Å². The monoisotopic (exact) mass is 257 g/mol. The van der Waals surface area contributed by atoms with Crippen molar-refractivity contribution in [3.8, 4) is 0 Å². The van der Waals surface area contributed by atoms with Crippen LogP contribution >= 0.6 is 0 Å². The van der Waals surface area contributed by atoms with Crippen molar-refractivity contribution in [2.24, 2.45) is 17.3 Å². The van der Waals surface area contributed by atoms with Crippen LogP contribution in [0.5, 0.6) is 0 Å². The van der Waals surface area contributed by atoms with Crippen LogP contribution < -0.4 is 0 Å². The maximum atomic E-state index is 12.3. The van der Waals surface area contributed by atoms with Crippen LogP contribution in [0.1, 0.15) is 48.0 Å². The molecule has 0 bridgehead atoms. The SMILES string of the molecule is CC(C)CCN(CC(C)C(=O)O)C(=O)C(C)(C)C. The molecule has 0 fully saturated rings. The second kappa shape index (κ2) is 6.76. The summed E-state index contributed by atoms with van der Waals surface area (Å²) in [6.45, 7) is 12.3. The number of hydrogen-bond acceptors (Lipinski definition) is 2. The van der Waals surface area contributed by atoms with E-state index in [9.17, 15) is 9.59 Å². The molecule has 0 saturated heterocycles. The molecule has 0 aromatic heterocycles. The number of carboxylic acid groups (broad SMARTS) is 1. The van der Waals surface area contributed by atoms with Crippen LogP contribution in [0.25, 0.3) is 0 Å². The van der Waals surface area contributed by atoms with E-state index in [4.69, 9.17) is 5.11 Å². The molecule has 0 aromatic carbocycles. The van der Waals surface area contributed by atoms with Gasteiger partial charge in [-0.15, -0.1) is 0 Å². The lowest BCUT2D eigenvalue weighted by atomic mass is 9.93. The summed E-state index contributed by atoms with van der Waals surface area (Å²) < 4.78 is 0. The lowest BCUT2D eigenvalue weighted by molar-refractivity contribution is -0.145. The predicted molar refractivity (Wildman–Crippen MR) is 72.3 cm³/mol. The first-order valence-electron chi connectivity index (χ1n) is 6.58. The molecule has 4 heteroatoms. The van der Waals surface area contributed by atoms with Gasteiger partial charge in [-0.2, -0.15) is 0 Å². The van der Waals surface area contributed by atoms with Gasteiger partial charge in [0, 0.05) is 18.5 Å². The number of carbonyl (C=O) groups is 2. The van der Waals surface area contributed by atoms with Crippen LogP contribution in [0, 0.1) is 17.3 Å². The number of carbonyl (C=O) groups excluding carboxylic acids is 1. The van der Waals surface area contributed by atoms with E-state index < -0.39 is 17.3 Å². The third-order valence-electron chi connectivity index (χ3n) is 2.82. The smallest absolute Gasteiger partial charge is 0.308 e. The van der Waals surface area contributed by atoms with E-state index in [0.29, 0.717) is 12.5 Å². The summed E-state index contributed by atoms with van der Waals surface area (Å²) in [5, 5.41) is 8.95. The van der Waals surface area contributed by atoms with Gasteiger partial charge in [-0.25, -0.2) is 0 Å². The van der Waals surface area contributed by atoms with E-state index in [1.807, 2.05) is 20.8 Å². The van der Waals surface area contributed by atoms with Crippen molar-refractivity contribution in [1.82, 2.24) is 4.90 Å². The Hall–Kier alpha value is -1.06. The molecule has 0 heterocycles. The summed E-state index contributed by atoms with van der Waals surface area (Å²) in [6, 6.07) is 0. The minimum atomic E-state index is -0.855. The van der Waals surface area contributed by atoms with Crippen LogP contribution in [-0.2, 0) is 9.59 Å². The fourth-order valence-electron chi connectivity index (χ4n) is 1.57. The quantitative estimate of drug-likeness (QED) is 0.795. The van der Waals surface area contributed by atoms with Crippen molar-refractivity contribution in [2.45, 2.75) is 48.0 Å². The molecular formula is C14H27NO3. The molecule has 0 aromatic rings. The molecule has 0 aliphatic carbocycles. The molecule has 1 amide bonds. The van der Waals surface area contributed by atoms with Gasteiger partial charge in [-0.1, -0.05) is 41.5 Å². The highest BCUT2D eigenvalue weighted by atomic mass is 16.4. The molecular weight excluding hydrogens is 230 g/mol. The molecule has 0 saturated carbocycles. The fraction of sp³-hybridized carbons (Fsp3) is 0.857. The molecule has 0 spiro atoms. The standard InChI is InChI=1S/C14H27NO3/c1-10(2)7-8-15(9-11(3)12(16)17)13(18)14(4,5)6/h10-11H,7-9H2,1-6H3,(H,16,17). The Labute approximate surface area is 110 Å². The Bertz CT molecular complexity index is 292. The first-order valence-corrected chi connectivity index (χ1v) is 6.58. The lowest BCUT2D eigenvalue weighted by Crippen LogP contribution is -2.43. The fourth-order valence-corrected chi connectivity index (χ4v) is 1.57. The third kappa shape index (κ3) is 6.03. The Balaban J connectivity index is 4.72. The maximum absolute atomic E-state index is 12.3. The normalized spacial score (nSPS) is 13.5. The maximum Gasteiger partial charge on any atom is 0.308 e. The van der Waals surface area contributed by atoms with Crippen molar-refractivity contribution in [1.29, 1.82) is 0 Å². The van der Waals surface area contributed by atoms with E-state index in [0.717, 1.165) is 6.42 Å². The van der Waals surface area contributed by atoms with E-state index in [1.165, 1.54) is 0 Å². The zero-order chi connectivity index (χ0) is 14.5. The predicted octanol–water partition coefficient (Wildman–Crippen LogP) is 2.63. The lowest BCUT2D eigenvalue weighted by Gasteiger charge is -2.31. The molecule has 0 aliphatic heterocycles. The van der Waals surface area contributed by atoms with Crippen LogP contribution in [-0.4, -0.2) is 35.0 Å². The van der Waals surface area contributed by atoms with E-state index in [2.05, 4.69) is 13.8 Å². The van der Waals surface area contributed by atoms with Gasteiger partial charge in [0.05, 0.1) is 5.92 Å². The Morgan fingerprint density at radius 2 is 1.67 bits per heavy atom. The summed E-state index contributed by atoms with van der Waals surface area (Å²) in [5.74, 6) is -0.855. The molecule has 0 rings (SSSR count). The van der Waals surface area contributed by atoms with E-state index >= 15 is 0 Å². The highest BCUT2D eigenvalue weighted by Gasteiger charge is 2.29. The second-order valence-electron chi connectivity index (χ2n) is 6.42. The van der Waals surface area contributed by atoms with Gasteiger partial charge >= 0.3 is 5.97 Å². The van der Waals surface area contributed by atoms with Gasteiger partial charge in [0.15, 0.2) is 0 Å². The zero-order valence-electron chi connectivity index (χ0n) is 12.5. The van der Waals surface area contributed by atoms with Gasteiger partial charge < -0.3 is 10.0 Å². The summed E-state index contributed by atoms with van der Waals surface area (Å²) in [7, 11) is 0. The molecule has 106 valence electrons. The number of carboxylic acids is 1. The van der Waals surface area contributed by atoms with Crippen molar-refractivity contribution in [3.05, 3.63) is 0 Å². The minimum absolute atomic E-state index is 0.0243. The molecule has 18 heavy (non-hydrogen) atoms. The Kier molecular flexibility index (Phi) is 6.36. The van der Waals surface area contributed by atoms with Crippen molar-refractivity contribution in [2.75, 3.05) is 13.1 Å². The van der Waals surface area contributed by atoms with E-state index in [1.54, 1.807) is 11.8 Å². The summed E-state index contributed by atoms with van der Waals surface area (Å²) >= 11 is 0. The largest absolute Gasteiger partial charge is 0.481 e. The second-order valence-corrected chi connectivity index (χ2v) is 6.42. The number of aliphatic carboxylic acids is 1. The van der Waals surface area contributed by atoms with Crippen LogP contribution in [0.4, 0.5) is 0 Å². The van der Waals surface area contributed by atoms with Crippen LogP contribution in [0.3, 0.4) is 0 Å². The molecule has 4 nitrogen and oxygen atoms in total. The average Bonchev–Trinajstić information content (AvgIpc) is 2.20. The topological polar surface area (TPSA) is 57.6 Å². The van der Waals surface area contributed by atoms with Gasteiger partial charge in [-0.05, 0) is 12.3 Å². The van der Waals surface area contributed by atoms with Gasteiger partial charge in [0.1, 0.15) is 0 Å². The first-order chi connectivity index (χ1) is 8.05. The van der Waals surface area contributed by atoms with Crippen LogP contribution in [0.15, 0.2) is 0 Å². The van der Waals surface area contributed by atoms with Crippen molar-refractivity contribution >= 4 is 11.9 Å². The summed E-state index contributed by atoms with van der Waals surface area (Å²) in [5.41, 5.74) is -0.463. The third-order valence-corrected chi connectivity index (χ3v) is 2.82. The highest BCUT2D eigenvalue weighted by molar-refractivity contribution is 5.82. The zero-order valence-corrected chi connectivity index (χ0v) is 12.5. The molecule has 1 unspecified atom stereocenters. The summed E-state index contributed by atoms with van der Waals surface area (Å²) in [6.07, 6.45) is 0.897. The Morgan fingerprint density at radius 1 is 1.17 bits per heavy atom. The average molecular weight is 257 g/mol. The molecule has 1 atom stereocenters. The van der Waals surface area contributed by atoms with Gasteiger partial charge in [0.2, 0.25) is 5.91 Å². The van der Waals surface area contributed by atoms with Gasteiger partial charge in [0.25, 0.3) is 0 Å². The highest BCUT2D eigenvalue weighted by Crippen LogP contribution is 2.19. The number of rotatable bonds is 6. The number of hydrogen-bond donors (Lipinski definition) is 1. The van der Waals surface area contributed by atoms with Crippen LogP contribution in [0.2, 0.25) is 0 Å². The molecule has 0 aliphatic rings.